The first-order chi connectivity index (χ1) is 14.4. The van der Waals surface area contributed by atoms with Gasteiger partial charge >= 0.3 is 0 Å². The number of nitrogens with zero attached hydrogens (tertiary/aromatic N) is 2. The minimum absolute atomic E-state index is 0.0216. The van der Waals surface area contributed by atoms with Gasteiger partial charge < -0.3 is 16.4 Å². The van der Waals surface area contributed by atoms with Crippen LogP contribution in [-0.4, -0.2) is 33.4 Å². The number of primary amides is 1. The van der Waals surface area contributed by atoms with E-state index >= 15 is 0 Å². The molecule has 3 amide bonds. The van der Waals surface area contributed by atoms with Crippen molar-refractivity contribution in [1.29, 1.82) is 0 Å². The third-order valence-electron chi connectivity index (χ3n) is 3.48. The molecular weight excluding hydrogens is 449 g/mol. The van der Waals surface area contributed by atoms with Crippen LogP contribution in [0.5, 0.6) is 0 Å². The highest BCUT2D eigenvalue weighted by Crippen LogP contribution is 2.23. The molecule has 0 radical (unpaired) electrons. The summed E-state index contributed by atoms with van der Waals surface area (Å²) in [5, 5.41) is 9.13. The van der Waals surface area contributed by atoms with Gasteiger partial charge in [0.15, 0.2) is 9.47 Å². The summed E-state index contributed by atoms with van der Waals surface area (Å²) in [4.78, 5) is 43.5. The second kappa shape index (κ2) is 10.3. The molecule has 0 aliphatic heterocycles. The Kier molecular flexibility index (Phi) is 7.49. The Morgan fingerprint density at radius 1 is 0.967 bits per heavy atom. The molecule has 156 valence electrons. The normalized spacial score (nSPS) is 10.6. The highest BCUT2D eigenvalue weighted by Gasteiger charge is 2.12. The van der Waals surface area contributed by atoms with Crippen molar-refractivity contribution in [2.75, 3.05) is 16.4 Å². The molecule has 3 aromatic rings. The Bertz CT molecular complexity index is 1050. The molecule has 4 N–H and O–H groups in total. The van der Waals surface area contributed by atoms with Gasteiger partial charge in [0.2, 0.25) is 17.7 Å². The third kappa shape index (κ3) is 6.90. The molecule has 0 saturated carbocycles. The van der Waals surface area contributed by atoms with E-state index < -0.39 is 5.91 Å². The molecular formula is C18H16FN5O3S3. The third-order valence-corrected chi connectivity index (χ3v) is 6.36. The quantitative estimate of drug-likeness (QED) is 0.417. The lowest BCUT2D eigenvalue weighted by Crippen LogP contribution is -2.16. The van der Waals surface area contributed by atoms with Crippen molar-refractivity contribution in [3.63, 3.8) is 0 Å². The number of halogens is 1. The molecule has 0 bridgehead atoms. The van der Waals surface area contributed by atoms with E-state index in [1.807, 2.05) is 0 Å². The summed E-state index contributed by atoms with van der Waals surface area (Å²) in [7, 11) is 0. The summed E-state index contributed by atoms with van der Waals surface area (Å²) in [5.74, 6) is -1.25. The van der Waals surface area contributed by atoms with Crippen molar-refractivity contribution in [3.05, 3.63) is 52.2 Å². The molecule has 0 fully saturated rings. The van der Waals surface area contributed by atoms with Crippen LogP contribution in [0.4, 0.5) is 15.2 Å². The molecule has 0 aliphatic carbocycles. The average Bonchev–Trinajstić information content (AvgIpc) is 3.30. The number of thiazole rings is 2. The molecule has 12 heteroatoms. The number of thioether (sulfide) groups is 1. The number of anilines is 2. The summed E-state index contributed by atoms with van der Waals surface area (Å²) in [6, 6.07) is 5.50. The Labute approximate surface area is 183 Å². The van der Waals surface area contributed by atoms with Crippen LogP contribution in [0.3, 0.4) is 0 Å². The van der Waals surface area contributed by atoms with Gasteiger partial charge in [0.05, 0.1) is 30.0 Å². The van der Waals surface area contributed by atoms with Crippen molar-refractivity contribution >= 4 is 63.0 Å². The fraction of sp³-hybridized carbons (Fsp3) is 0.167. The van der Waals surface area contributed by atoms with Crippen LogP contribution >= 0.6 is 34.4 Å². The number of amides is 3. The van der Waals surface area contributed by atoms with E-state index in [1.165, 1.54) is 58.7 Å². The molecule has 3 rings (SSSR count). The van der Waals surface area contributed by atoms with Crippen molar-refractivity contribution in [2.24, 2.45) is 5.73 Å². The lowest BCUT2D eigenvalue weighted by molar-refractivity contribution is -0.117. The van der Waals surface area contributed by atoms with Gasteiger partial charge in [-0.2, -0.15) is 0 Å². The summed E-state index contributed by atoms with van der Waals surface area (Å²) >= 11 is 3.79. The Morgan fingerprint density at radius 2 is 1.67 bits per heavy atom. The molecule has 8 nitrogen and oxygen atoms in total. The number of hydrogen-bond acceptors (Lipinski definition) is 8. The lowest BCUT2D eigenvalue weighted by Gasteiger charge is -2.03. The Morgan fingerprint density at radius 3 is 2.40 bits per heavy atom. The fourth-order valence-electron chi connectivity index (χ4n) is 2.25. The van der Waals surface area contributed by atoms with Gasteiger partial charge in [-0.05, 0) is 24.3 Å². The van der Waals surface area contributed by atoms with Crippen LogP contribution in [0, 0.1) is 5.82 Å². The van der Waals surface area contributed by atoms with Gasteiger partial charge in [0.25, 0.3) is 0 Å². The van der Waals surface area contributed by atoms with Gasteiger partial charge in [0, 0.05) is 16.4 Å². The van der Waals surface area contributed by atoms with Crippen LogP contribution in [0.15, 0.2) is 39.4 Å². The predicted octanol–water partition coefficient (Wildman–Crippen LogP) is 2.68. The topological polar surface area (TPSA) is 127 Å². The van der Waals surface area contributed by atoms with Crippen LogP contribution in [0.1, 0.15) is 11.4 Å². The minimum Gasteiger partial charge on any atom is -0.369 e. The molecule has 30 heavy (non-hydrogen) atoms. The second-order valence-corrected chi connectivity index (χ2v) is 8.90. The zero-order chi connectivity index (χ0) is 21.5. The van der Waals surface area contributed by atoms with E-state index in [1.54, 1.807) is 10.8 Å². The number of nitrogens with two attached hydrogens (primary N) is 1. The van der Waals surface area contributed by atoms with Crippen LogP contribution in [0.2, 0.25) is 0 Å². The van der Waals surface area contributed by atoms with E-state index in [0.29, 0.717) is 26.5 Å². The largest absolute Gasteiger partial charge is 0.369 e. The molecule has 0 unspecified atom stereocenters. The van der Waals surface area contributed by atoms with Gasteiger partial charge in [0.1, 0.15) is 5.82 Å². The maximum absolute atomic E-state index is 12.9. The average molecular weight is 466 g/mol. The SMILES string of the molecule is NC(=O)Cc1csc(NC(=O)Cc2csc(SCC(=O)Nc3ccc(F)cc3)n2)n1. The number of carbonyl (C=O) groups excluding carboxylic acids is 3. The molecule has 2 aromatic heterocycles. The lowest BCUT2D eigenvalue weighted by atomic mass is 10.3. The maximum atomic E-state index is 12.9. The Balaban J connectivity index is 1.44. The summed E-state index contributed by atoms with van der Waals surface area (Å²) in [6.45, 7) is 0. The number of benzene rings is 1. The van der Waals surface area contributed by atoms with E-state index in [0.717, 1.165) is 0 Å². The van der Waals surface area contributed by atoms with Crippen molar-refractivity contribution in [2.45, 2.75) is 17.2 Å². The van der Waals surface area contributed by atoms with Crippen molar-refractivity contribution in [1.82, 2.24) is 9.97 Å². The number of rotatable bonds is 9. The number of aromatic nitrogens is 2. The van der Waals surface area contributed by atoms with E-state index in [2.05, 4.69) is 20.6 Å². The first-order valence-corrected chi connectivity index (χ1v) is 11.3. The van der Waals surface area contributed by atoms with Gasteiger partial charge in [-0.15, -0.1) is 22.7 Å². The van der Waals surface area contributed by atoms with Gasteiger partial charge in [-0.3, -0.25) is 14.4 Å². The molecule has 2 heterocycles. The molecule has 0 atom stereocenters. The van der Waals surface area contributed by atoms with Crippen molar-refractivity contribution < 1.29 is 18.8 Å². The van der Waals surface area contributed by atoms with Crippen molar-refractivity contribution in [3.8, 4) is 0 Å². The zero-order valence-electron chi connectivity index (χ0n) is 15.4. The zero-order valence-corrected chi connectivity index (χ0v) is 17.8. The molecule has 0 saturated heterocycles. The van der Waals surface area contributed by atoms with Crippen LogP contribution in [-0.2, 0) is 27.2 Å². The van der Waals surface area contributed by atoms with Crippen LogP contribution < -0.4 is 16.4 Å². The van der Waals surface area contributed by atoms with Crippen LogP contribution in [0.25, 0.3) is 0 Å². The Hall–Kier alpha value is -2.83. The van der Waals surface area contributed by atoms with E-state index in [-0.39, 0.29) is 36.2 Å². The first kappa shape index (κ1) is 21.9. The fourth-order valence-corrected chi connectivity index (χ4v) is 4.62. The number of carbonyl (C=O) groups is 3. The molecule has 0 spiro atoms. The summed E-state index contributed by atoms with van der Waals surface area (Å²) < 4.78 is 13.5. The first-order valence-electron chi connectivity index (χ1n) is 8.52. The van der Waals surface area contributed by atoms with Gasteiger partial charge in [-0.1, -0.05) is 11.8 Å². The minimum atomic E-state index is -0.489. The monoisotopic (exact) mass is 465 g/mol. The predicted molar refractivity (Wildman–Crippen MR) is 115 cm³/mol. The smallest absolute Gasteiger partial charge is 0.234 e. The second-order valence-electron chi connectivity index (χ2n) is 5.96. The summed E-state index contributed by atoms with van der Waals surface area (Å²) in [6.07, 6.45) is 0.0807. The number of nitrogens with one attached hydrogen (secondary N) is 2. The highest BCUT2D eigenvalue weighted by molar-refractivity contribution is 8.01. The molecule has 1 aromatic carbocycles. The number of hydrogen-bond donors (Lipinski definition) is 3. The van der Waals surface area contributed by atoms with E-state index in [4.69, 9.17) is 5.73 Å². The summed E-state index contributed by atoms with van der Waals surface area (Å²) in [5.41, 5.74) is 6.72. The highest BCUT2D eigenvalue weighted by atomic mass is 32.2. The van der Waals surface area contributed by atoms with E-state index in [9.17, 15) is 18.8 Å². The standard InChI is InChI=1S/C18H16FN5O3S3/c19-10-1-3-11(4-2-10)21-16(27)9-30-18-23-13(8-29-18)6-15(26)24-17-22-12(7-28-17)5-14(20)25/h1-4,7-8H,5-6,9H2,(H2,20,25)(H,21,27)(H,22,24,26). The molecule has 0 aliphatic rings. The van der Waals surface area contributed by atoms with Gasteiger partial charge in [-0.25, -0.2) is 14.4 Å². The maximum Gasteiger partial charge on any atom is 0.234 e.